The average molecular weight is 451 g/mol. The molecule has 2 aromatic rings. The first-order valence-electron chi connectivity index (χ1n) is 6.51. The molecule has 0 atom stereocenters. The largest absolute Gasteiger partial charge is 0.484 e. The number of hydrogen-bond acceptors (Lipinski definition) is 1. The molecule has 0 amide bonds. The maximum absolute atomic E-state index is 6.17. The Morgan fingerprint density at radius 1 is 1.05 bits per heavy atom. The van der Waals surface area contributed by atoms with Crippen molar-refractivity contribution in [3.8, 4) is 16.9 Å². The summed E-state index contributed by atoms with van der Waals surface area (Å²) in [7, 11) is 0. The summed E-state index contributed by atoms with van der Waals surface area (Å²) < 4.78 is 6.17. The van der Waals surface area contributed by atoms with Gasteiger partial charge >= 0.3 is 0 Å². The van der Waals surface area contributed by atoms with Gasteiger partial charge in [0.2, 0.25) is 0 Å². The Bertz CT molecular complexity index is 671. The van der Waals surface area contributed by atoms with E-state index in [-0.39, 0.29) is 33.5 Å². The third-order valence-electron chi connectivity index (χ3n) is 3.68. The van der Waals surface area contributed by atoms with Crippen molar-refractivity contribution in [1.29, 1.82) is 0 Å². The van der Waals surface area contributed by atoms with Gasteiger partial charge in [0.25, 0.3) is 0 Å². The zero-order valence-corrected chi connectivity index (χ0v) is 15.6. The predicted molar refractivity (Wildman–Crippen MR) is 85.4 cm³/mol. The fourth-order valence-electron chi connectivity index (χ4n) is 2.67. The van der Waals surface area contributed by atoms with E-state index in [1.165, 1.54) is 16.7 Å². The Hall–Kier alpha value is -1.36. The van der Waals surface area contributed by atoms with Crippen LogP contribution in [-0.4, -0.2) is 0 Å². The van der Waals surface area contributed by atoms with E-state index in [2.05, 4.69) is 45.0 Å². The molecule has 111 valence electrons. The Kier molecular flexibility index (Phi) is 5.21. The molecule has 1 aliphatic rings. The second kappa shape index (κ2) is 6.18. The van der Waals surface area contributed by atoms with Crippen molar-refractivity contribution in [2.45, 2.75) is 26.4 Å². The van der Waals surface area contributed by atoms with E-state index in [1.54, 1.807) is 6.08 Å². The van der Waals surface area contributed by atoms with Gasteiger partial charge in [-0.15, -0.1) is 6.07 Å². The van der Waals surface area contributed by atoms with Crippen LogP contribution in [0.15, 0.2) is 36.4 Å². The van der Waals surface area contributed by atoms with Gasteiger partial charge < -0.3 is 12.2 Å². The van der Waals surface area contributed by atoms with E-state index in [4.69, 9.17) is 11.3 Å². The molecule has 3 rings (SSSR count). The molecular formula is C19H20ORe-2. The molecular weight excluding hydrogens is 430 g/mol. The molecule has 0 saturated carbocycles. The van der Waals surface area contributed by atoms with E-state index in [1.807, 2.05) is 12.1 Å². The minimum Gasteiger partial charge on any atom is -0.484 e. The van der Waals surface area contributed by atoms with Crippen molar-refractivity contribution in [3.05, 3.63) is 67.1 Å². The number of fused-ring (bicyclic) bond motifs is 3. The number of benzene rings is 2. The van der Waals surface area contributed by atoms with E-state index in [0.29, 0.717) is 0 Å². The Morgan fingerprint density at radius 2 is 1.71 bits per heavy atom. The second-order valence-electron chi connectivity index (χ2n) is 5.58. The normalized spacial score (nSPS) is 13.7. The summed E-state index contributed by atoms with van der Waals surface area (Å²) in [6.45, 7) is 11.9. The van der Waals surface area contributed by atoms with Crippen LogP contribution < -0.4 is 4.74 Å². The minimum atomic E-state index is -0.318. The molecule has 0 spiro atoms. The van der Waals surface area contributed by atoms with Gasteiger partial charge in [-0.2, -0.15) is 5.56 Å². The summed E-state index contributed by atoms with van der Waals surface area (Å²) >= 11 is 0. The van der Waals surface area contributed by atoms with Crippen LogP contribution in [0, 0.1) is 20.9 Å². The number of rotatable bonds is 1. The van der Waals surface area contributed by atoms with Crippen LogP contribution in [0.25, 0.3) is 17.2 Å². The van der Waals surface area contributed by atoms with Crippen molar-refractivity contribution >= 4 is 6.08 Å². The zero-order valence-electron chi connectivity index (χ0n) is 12.9. The number of aryl methyl sites for hydroxylation is 1. The van der Waals surface area contributed by atoms with Crippen LogP contribution in [0.4, 0.5) is 0 Å². The van der Waals surface area contributed by atoms with Gasteiger partial charge in [-0.05, 0) is 26.3 Å². The van der Waals surface area contributed by atoms with E-state index in [9.17, 15) is 0 Å². The SMILES string of the molecule is [CH-]=Cc1ccc2c(c1)OC(C)(C)c1cc(C)ccc1-2.[CH3-].[Re]. The molecule has 0 aromatic heterocycles. The maximum atomic E-state index is 6.17. The Balaban J connectivity index is 0.00000110. The summed E-state index contributed by atoms with van der Waals surface area (Å²) in [5, 5.41) is 0. The minimum absolute atomic E-state index is 0. The average Bonchev–Trinajstić information content (AvgIpc) is 2.38. The standard InChI is InChI=1S/C18H17O.CH3.Re/c1-5-13-7-9-15-14-8-6-12(2)10-16(14)18(3,4)19-17(15)11-13;;/h1,5-11H,2-4H3;1H3;/q2*-1;. The van der Waals surface area contributed by atoms with Gasteiger partial charge in [0.05, 0.1) is 0 Å². The summed E-state index contributed by atoms with van der Waals surface area (Å²) in [6.07, 6.45) is 1.60. The molecule has 0 unspecified atom stereocenters. The summed E-state index contributed by atoms with van der Waals surface area (Å²) in [6, 6.07) is 12.6. The first-order chi connectivity index (χ1) is 9.01. The van der Waals surface area contributed by atoms with Crippen LogP contribution in [-0.2, 0) is 26.0 Å². The zero-order chi connectivity index (χ0) is 13.6. The van der Waals surface area contributed by atoms with Gasteiger partial charge in [-0.1, -0.05) is 35.9 Å². The molecule has 0 aliphatic carbocycles. The molecule has 1 nitrogen and oxygen atoms in total. The molecule has 2 heteroatoms. The van der Waals surface area contributed by atoms with E-state index in [0.717, 1.165) is 16.9 Å². The van der Waals surface area contributed by atoms with Gasteiger partial charge in [0.1, 0.15) is 11.4 Å². The van der Waals surface area contributed by atoms with Gasteiger partial charge in [-0.25, -0.2) is 6.08 Å². The number of ether oxygens (including phenoxy) is 1. The fraction of sp³-hybridized carbons (Fsp3) is 0.211. The predicted octanol–water partition coefficient (Wildman–Crippen LogP) is 5.18. The molecule has 2 aromatic carbocycles. The summed E-state index contributed by atoms with van der Waals surface area (Å²) in [5.74, 6) is 0.903. The van der Waals surface area contributed by atoms with Crippen molar-refractivity contribution < 1.29 is 25.2 Å². The Labute approximate surface area is 141 Å². The van der Waals surface area contributed by atoms with Crippen molar-refractivity contribution in [1.82, 2.24) is 0 Å². The molecule has 0 N–H and O–H groups in total. The molecule has 0 bridgehead atoms. The third-order valence-corrected chi connectivity index (χ3v) is 3.68. The fourth-order valence-corrected chi connectivity index (χ4v) is 2.67. The first-order valence-corrected chi connectivity index (χ1v) is 6.51. The summed E-state index contributed by atoms with van der Waals surface area (Å²) in [5.41, 5.74) is 5.54. The second-order valence-corrected chi connectivity index (χ2v) is 5.58. The van der Waals surface area contributed by atoms with Gasteiger partial charge in [0.15, 0.2) is 0 Å². The molecule has 1 heterocycles. The maximum Gasteiger partial charge on any atom is 0.129 e. The van der Waals surface area contributed by atoms with Crippen LogP contribution in [0.5, 0.6) is 5.75 Å². The van der Waals surface area contributed by atoms with Crippen LogP contribution in [0.3, 0.4) is 0 Å². The smallest absolute Gasteiger partial charge is 0.129 e. The molecule has 21 heavy (non-hydrogen) atoms. The monoisotopic (exact) mass is 451 g/mol. The topological polar surface area (TPSA) is 9.23 Å². The van der Waals surface area contributed by atoms with Crippen LogP contribution in [0.1, 0.15) is 30.5 Å². The molecule has 0 saturated heterocycles. The quantitative estimate of drug-likeness (QED) is 0.544. The molecule has 0 fully saturated rings. The Morgan fingerprint density at radius 3 is 2.38 bits per heavy atom. The van der Waals surface area contributed by atoms with Crippen molar-refractivity contribution in [3.63, 3.8) is 0 Å². The van der Waals surface area contributed by atoms with Crippen molar-refractivity contribution in [2.75, 3.05) is 0 Å². The van der Waals surface area contributed by atoms with Gasteiger partial charge in [-0.3, -0.25) is 6.58 Å². The van der Waals surface area contributed by atoms with Crippen LogP contribution >= 0.6 is 0 Å². The van der Waals surface area contributed by atoms with Gasteiger partial charge in [0, 0.05) is 31.5 Å². The first kappa shape index (κ1) is 17.7. The van der Waals surface area contributed by atoms with Crippen molar-refractivity contribution in [2.24, 2.45) is 0 Å². The molecule has 1 aliphatic heterocycles. The summed E-state index contributed by atoms with van der Waals surface area (Å²) in [4.78, 5) is 0. The molecule has 1 radical (unpaired) electrons. The van der Waals surface area contributed by atoms with E-state index >= 15 is 0 Å². The number of hydrogen-bond donors (Lipinski definition) is 0. The van der Waals surface area contributed by atoms with Crippen LogP contribution in [0.2, 0.25) is 0 Å². The van der Waals surface area contributed by atoms with E-state index < -0.39 is 0 Å². The third kappa shape index (κ3) is 2.98.